The molecule has 29 heavy (non-hydrogen) atoms. The number of rotatable bonds is 5. The fourth-order valence-electron chi connectivity index (χ4n) is 2.66. The van der Waals surface area contributed by atoms with Gasteiger partial charge in [-0.25, -0.2) is 9.59 Å². The predicted molar refractivity (Wildman–Crippen MR) is 104 cm³/mol. The van der Waals surface area contributed by atoms with Crippen LogP contribution in [0.4, 0.5) is 0 Å². The monoisotopic (exact) mass is 394 g/mol. The van der Waals surface area contributed by atoms with E-state index in [0.29, 0.717) is 0 Å². The average Bonchev–Trinajstić information content (AvgIpc) is 2.93. The van der Waals surface area contributed by atoms with Gasteiger partial charge in [-0.15, -0.1) is 6.42 Å². The highest BCUT2D eigenvalue weighted by molar-refractivity contribution is 5.90. The summed E-state index contributed by atoms with van der Waals surface area (Å²) in [6, 6.07) is 12.9. The number of carbonyl (C=O) groups excluding carboxylic acids is 3. The van der Waals surface area contributed by atoms with Crippen molar-refractivity contribution in [1.82, 2.24) is 0 Å². The maximum absolute atomic E-state index is 12.6. The predicted octanol–water partition coefficient (Wildman–Crippen LogP) is 3.00. The summed E-state index contributed by atoms with van der Waals surface area (Å²) in [5.41, 5.74) is 0.118. The summed E-state index contributed by atoms with van der Waals surface area (Å²) in [5.74, 6) is -0.789. The van der Waals surface area contributed by atoms with Gasteiger partial charge in [0.05, 0.1) is 17.5 Å². The number of aryl methyl sites for hydroxylation is 2. The average molecular weight is 394 g/mol. The standard InChI is InChI=1S/C23H20O6/c1-4-23(14-27-21(25)17-9-5-15(2)6-10-17)19(13-20(24)29-23)28-22(26)18-11-7-16(3)8-12-18/h1,5-12,19H,13-14H2,2-3H3/t19-,23+/m0/s1/i13D2. The van der Waals surface area contributed by atoms with Crippen molar-refractivity contribution in [3.8, 4) is 12.3 Å². The molecule has 6 heteroatoms. The van der Waals surface area contributed by atoms with E-state index in [1.807, 2.05) is 13.8 Å². The SMILES string of the molecule is [2H]C1([2H])C(=O)O[C@](C#C)(COC(=O)c2ccc(C)cc2)[C@H]1OC(=O)c1ccc(C)cc1. The Balaban J connectivity index is 1.83. The largest absolute Gasteiger partial charge is 0.457 e. The topological polar surface area (TPSA) is 78.9 Å². The third kappa shape index (κ3) is 4.46. The number of terminal acetylenes is 1. The first-order chi connectivity index (χ1) is 14.6. The summed E-state index contributed by atoms with van der Waals surface area (Å²) in [6.45, 7) is 3.01. The summed E-state index contributed by atoms with van der Waals surface area (Å²) >= 11 is 0. The number of carbonyl (C=O) groups is 3. The first-order valence-corrected chi connectivity index (χ1v) is 8.82. The zero-order valence-corrected chi connectivity index (χ0v) is 15.9. The number of ether oxygens (including phenoxy) is 3. The van der Waals surface area contributed by atoms with Crippen molar-refractivity contribution in [2.24, 2.45) is 0 Å². The summed E-state index contributed by atoms with van der Waals surface area (Å²) in [6.07, 6.45) is 0.990. The molecule has 1 saturated heterocycles. The van der Waals surface area contributed by atoms with E-state index in [1.165, 1.54) is 12.1 Å². The van der Waals surface area contributed by atoms with Crippen molar-refractivity contribution in [3.63, 3.8) is 0 Å². The van der Waals surface area contributed by atoms with Crippen molar-refractivity contribution in [2.45, 2.75) is 31.9 Å². The highest BCUT2D eigenvalue weighted by Gasteiger charge is 2.52. The van der Waals surface area contributed by atoms with Gasteiger partial charge in [0.15, 0.2) is 6.10 Å². The van der Waals surface area contributed by atoms with E-state index >= 15 is 0 Å². The van der Waals surface area contributed by atoms with Gasteiger partial charge in [0.25, 0.3) is 0 Å². The maximum atomic E-state index is 12.6. The number of hydrogen-bond donors (Lipinski definition) is 0. The van der Waals surface area contributed by atoms with E-state index < -0.39 is 42.6 Å². The number of esters is 3. The molecule has 6 nitrogen and oxygen atoms in total. The summed E-state index contributed by atoms with van der Waals surface area (Å²) in [4.78, 5) is 37.1. The van der Waals surface area contributed by atoms with Crippen LogP contribution in [0.1, 0.15) is 41.0 Å². The first-order valence-electron chi connectivity index (χ1n) is 9.82. The van der Waals surface area contributed by atoms with E-state index in [-0.39, 0.29) is 11.1 Å². The van der Waals surface area contributed by atoms with Gasteiger partial charge >= 0.3 is 17.9 Å². The van der Waals surface area contributed by atoms with Crippen LogP contribution in [0.25, 0.3) is 0 Å². The van der Waals surface area contributed by atoms with Gasteiger partial charge < -0.3 is 14.2 Å². The molecular formula is C23H20O6. The number of benzene rings is 2. The second-order valence-corrected chi connectivity index (χ2v) is 6.66. The number of hydrogen-bond acceptors (Lipinski definition) is 6. The zero-order valence-electron chi connectivity index (χ0n) is 17.9. The molecule has 0 saturated carbocycles. The van der Waals surface area contributed by atoms with Crippen LogP contribution in [0.2, 0.25) is 0 Å². The zero-order chi connectivity index (χ0) is 22.8. The van der Waals surface area contributed by atoms with Crippen molar-refractivity contribution in [2.75, 3.05) is 6.61 Å². The molecule has 148 valence electrons. The Kier molecular flexibility index (Phi) is 4.94. The summed E-state index contributed by atoms with van der Waals surface area (Å²) in [7, 11) is 0. The van der Waals surface area contributed by atoms with Crippen LogP contribution in [0, 0.1) is 26.2 Å². The molecule has 0 spiro atoms. The normalized spacial score (nSPS) is 23.2. The molecule has 0 bridgehead atoms. The van der Waals surface area contributed by atoms with Crippen LogP contribution < -0.4 is 0 Å². The van der Waals surface area contributed by atoms with Gasteiger partial charge in [0.1, 0.15) is 6.61 Å². The lowest BCUT2D eigenvalue weighted by molar-refractivity contribution is -0.149. The van der Waals surface area contributed by atoms with Crippen LogP contribution in [-0.2, 0) is 19.0 Å². The molecule has 0 aliphatic carbocycles. The lowest BCUT2D eigenvalue weighted by Crippen LogP contribution is -2.45. The van der Waals surface area contributed by atoms with Gasteiger partial charge in [-0.1, -0.05) is 41.3 Å². The van der Waals surface area contributed by atoms with Gasteiger partial charge in [0, 0.05) is 2.74 Å². The third-order valence-corrected chi connectivity index (χ3v) is 4.41. The van der Waals surface area contributed by atoms with Crippen molar-refractivity contribution in [3.05, 3.63) is 70.8 Å². The van der Waals surface area contributed by atoms with Crippen LogP contribution in [0.3, 0.4) is 0 Å². The minimum Gasteiger partial charge on any atom is -0.457 e. The number of cyclic esters (lactones) is 1. The molecule has 1 heterocycles. The van der Waals surface area contributed by atoms with Gasteiger partial charge in [-0.3, -0.25) is 4.79 Å². The fourth-order valence-corrected chi connectivity index (χ4v) is 2.66. The molecule has 3 rings (SSSR count). The molecule has 2 atom stereocenters. The molecule has 0 amide bonds. The molecule has 1 fully saturated rings. The molecule has 0 unspecified atom stereocenters. The van der Waals surface area contributed by atoms with E-state index in [0.717, 1.165) is 11.1 Å². The molecule has 0 aromatic heterocycles. The van der Waals surface area contributed by atoms with Gasteiger partial charge in [-0.2, -0.15) is 0 Å². The van der Waals surface area contributed by atoms with Gasteiger partial charge in [-0.05, 0) is 38.1 Å². The van der Waals surface area contributed by atoms with E-state index in [4.69, 9.17) is 23.4 Å². The van der Waals surface area contributed by atoms with Crippen molar-refractivity contribution in [1.29, 1.82) is 0 Å². The highest BCUT2D eigenvalue weighted by Crippen LogP contribution is 2.31. The van der Waals surface area contributed by atoms with E-state index in [1.54, 1.807) is 36.4 Å². The van der Waals surface area contributed by atoms with E-state index in [9.17, 15) is 14.4 Å². The Morgan fingerprint density at radius 2 is 1.62 bits per heavy atom. The third-order valence-electron chi connectivity index (χ3n) is 4.41. The van der Waals surface area contributed by atoms with Crippen molar-refractivity contribution < 1.29 is 31.3 Å². The lowest BCUT2D eigenvalue weighted by Gasteiger charge is -2.27. The second-order valence-electron chi connectivity index (χ2n) is 6.66. The molecule has 2 aromatic rings. The Labute approximate surface area is 171 Å². The van der Waals surface area contributed by atoms with Crippen LogP contribution in [0.15, 0.2) is 48.5 Å². The Morgan fingerprint density at radius 1 is 1.10 bits per heavy atom. The summed E-state index contributed by atoms with van der Waals surface area (Å²) < 4.78 is 31.7. The highest BCUT2D eigenvalue weighted by atomic mass is 16.6. The molecule has 0 radical (unpaired) electrons. The maximum Gasteiger partial charge on any atom is 0.338 e. The summed E-state index contributed by atoms with van der Waals surface area (Å²) in [5, 5.41) is 0. The van der Waals surface area contributed by atoms with Gasteiger partial charge in [0.2, 0.25) is 5.60 Å². The smallest absolute Gasteiger partial charge is 0.338 e. The Bertz CT molecular complexity index is 1050. The lowest BCUT2D eigenvalue weighted by atomic mass is 9.98. The molecule has 1 aliphatic rings. The first kappa shape index (κ1) is 17.5. The second kappa shape index (κ2) is 8.19. The van der Waals surface area contributed by atoms with Crippen LogP contribution in [-0.4, -0.2) is 36.2 Å². The van der Waals surface area contributed by atoms with Crippen LogP contribution >= 0.6 is 0 Å². The Hall–Kier alpha value is -3.59. The quantitative estimate of drug-likeness (QED) is 0.441. The molecule has 1 aliphatic heterocycles. The van der Waals surface area contributed by atoms with E-state index in [2.05, 4.69) is 5.92 Å². The Morgan fingerprint density at radius 3 is 2.14 bits per heavy atom. The van der Waals surface area contributed by atoms with Crippen molar-refractivity contribution >= 4 is 17.9 Å². The molecular weight excluding hydrogens is 372 g/mol. The minimum absolute atomic E-state index is 0.142. The minimum atomic E-state index is -2.73. The fraction of sp³-hybridized carbons (Fsp3) is 0.261. The van der Waals surface area contributed by atoms with Crippen LogP contribution in [0.5, 0.6) is 0 Å². The molecule has 2 aromatic carbocycles. The molecule has 0 N–H and O–H groups in total.